The van der Waals surface area contributed by atoms with Crippen LogP contribution < -0.4 is 10.2 Å². The number of aryl methyl sites for hydroxylation is 2. The average molecular weight is 568 g/mol. The van der Waals surface area contributed by atoms with E-state index in [0.717, 1.165) is 59.6 Å². The summed E-state index contributed by atoms with van der Waals surface area (Å²) < 4.78 is 0. The van der Waals surface area contributed by atoms with Crippen LogP contribution >= 0.6 is 11.8 Å². The van der Waals surface area contributed by atoms with E-state index in [9.17, 15) is 9.59 Å². The van der Waals surface area contributed by atoms with Crippen molar-refractivity contribution in [2.75, 3.05) is 31.1 Å². The topological polar surface area (TPSA) is 52.7 Å². The van der Waals surface area contributed by atoms with Crippen molar-refractivity contribution in [1.82, 2.24) is 10.2 Å². The van der Waals surface area contributed by atoms with E-state index < -0.39 is 0 Å². The van der Waals surface area contributed by atoms with Crippen LogP contribution in [-0.2, 0) is 11.3 Å². The van der Waals surface area contributed by atoms with Crippen LogP contribution in [0.1, 0.15) is 59.3 Å². The molecule has 0 saturated carbocycles. The highest BCUT2D eigenvalue weighted by Gasteiger charge is 2.29. The number of piperidine rings is 1. The van der Waals surface area contributed by atoms with Crippen molar-refractivity contribution >= 4 is 35.3 Å². The zero-order chi connectivity index (χ0) is 28.9. The Bertz CT molecular complexity index is 1420. The Morgan fingerprint density at radius 2 is 1.73 bits per heavy atom. The molecule has 5 nitrogen and oxygen atoms in total. The zero-order valence-corrected chi connectivity index (χ0v) is 25.5. The van der Waals surface area contributed by atoms with E-state index in [1.54, 1.807) is 0 Å². The first kappa shape index (κ1) is 29.2. The number of nitrogens with zero attached hydrogens (tertiary/aromatic N) is 2. The number of likely N-dealkylation sites (tertiary alicyclic amines) is 1. The molecular formula is C35H41N3O2S. The molecule has 1 N–H and O–H groups in total. The van der Waals surface area contributed by atoms with Gasteiger partial charge in [-0.2, -0.15) is 0 Å². The van der Waals surface area contributed by atoms with Crippen molar-refractivity contribution in [3.05, 3.63) is 99.5 Å². The normalized spacial score (nSPS) is 20.2. The van der Waals surface area contributed by atoms with Gasteiger partial charge in [0.2, 0.25) is 0 Å². The molecule has 6 heteroatoms. The van der Waals surface area contributed by atoms with Crippen molar-refractivity contribution in [3.63, 3.8) is 0 Å². The highest BCUT2D eigenvalue weighted by molar-refractivity contribution is 8.04. The first-order chi connectivity index (χ1) is 19.8. The summed E-state index contributed by atoms with van der Waals surface area (Å²) in [5, 5.41) is 3.07. The van der Waals surface area contributed by atoms with Gasteiger partial charge in [-0.3, -0.25) is 9.59 Å². The van der Waals surface area contributed by atoms with Crippen LogP contribution in [0, 0.1) is 25.7 Å². The maximum Gasteiger partial charge on any atom is 0.265 e. The lowest BCUT2D eigenvalue weighted by molar-refractivity contribution is -0.114. The SMILES string of the molecule is Cc1ccc(C)c(CN2C(=O)/C(=C/c3ccc(C(=O)NCCCN4CC(C)CC(C)C4)cc3)Sc3ccccc32)c1. The van der Waals surface area contributed by atoms with Gasteiger partial charge < -0.3 is 15.1 Å². The number of hydrogen-bond acceptors (Lipinski definition) is 4. The molecule has 2 aliphatic rings. The number of para-hydroxylation sites is 1. The first-order valence-corrected chi connectivity index (χ1v) is 15.6. The Morgan fingerprint density at radius 3 is 2.49 bits per heavy atom. The van der Waals surface area contributed by atoms with Crippen LogP contribution in [0.25, 0.3) is 6.08 Å². The van der Waals surface area contributed by atoms with E-state index in [2.05, 4.69) is 62.2 Å². The highest BCUT2D eigenvalue weighted by Crippen LogP contribution is 2.42. The molecule has 3 aromatic rings. The molecule has 0 aliphatic carbocycles. The number of anilines is 1. The fourth-order valence-electron chi connectivity index (χ4n) is 6.02. The molecule has 2 heterocycles. The summed E-state index contributed by atoms with van der Waals surface area (Å²) in [7, 11) is 0. The number of benzene rings is 3. The molecule has 2 aliphatic heterocycles. The number of carbonyl (C=O) groups is 2. The fraction of sp³-hybridized carbons (Fsp3) is 0.371. The maximum atomic E-state index is 13.7. The Morgan fingerprint density at radius 1 is 1.00 bits per heavy atom. The molecule has 2 amide bonds. The molecule has 41 heavy (non-hydrogen) atoms. The van der Waals surface area contributed by atoms with Gasteiger partial charge in [-0.15, -0.1) is 0 Å². The van der Waals surface area contributed by atoms with Gasteiger partial charge in [0.05, 0.1) is 17.1 Å². The maximum absolute atomic E-state index is 13.7. The number of carbonyl (C=O) groups excluding carboxylic acids is 2. The van der Waals surface area contributed by atoms with Crippen LogP contribution in [-0.4, -0.2) is 42.9 Å². The predicted molar refractivity (Wildman–Crippen MR) is 170 cm³/mol. The van der Waals surface area contributed by atoms with Crippen molar-refractivity contribution in [2.24, 2.45) is 11.8 Å². The Balaban J connectivity index is 1.23. The largest absolute Gasteiger partial charge is 0.352 e. The van der Waals surface area contributed by atoms with E-state index in [0.29, 0.717) is 23.6 Å². The summed E-state index contributed by atoms with van der Waals surface area (Å²) >= 11 is 1.50. The van der Waals surface area contributed by atoms with Crippen molar-refractivity contribution < 1.29 is 9.59 Å². The van der Waals surface area contributed by atoms with E-state index in [1.807, 2.05) is 53.4 Å². The molecule has 3 aromatic carbocycles. The van der Waals surface area contributed by atoms with Gasteiger partial charge in [-0.25, -0.2) is 0 Å². The number of nitrogens with one attached hydrogen (secondary N) is 1. The minimum absolute atomic E-state index is 0.00563. The third-order valence-corrected chi connectivity index (χ3v) is 9.09. The molecule has 0 aromatic heterocycles. The van der Waals surface area contributed by atoms with Crippen LogP contribution in [0.2, 0.25) is 0 Å². The van der Waals surface area contributed by atoms with Gasteiger partial charge in [0.15, 0.2) is 0 Å². The van der Waals surface area contributed by atoms with Crippen molar-refractivity contribution in [1.29, 1.82) is 0 Å². The van der Waals surface area contributed by atoms with Crippen LogP contribution in [0.15, 0.2) is 76.5 Å². The number of amides is 2. The van der Waals surface area contributed by atoms with Gasteiger partial charge >= 0.3 is 0 Å². The molecule has 2 unspecified atom stereocenters. The lowest BCUT2D eigenvalue weighted by atomic mass is 9.92. The molecule has 2 atom stereocenters. The van der Waals surface area contributed by atoms with Gasteiger partial charge in [-0.05, 0) is 92.1 Å². The van der Waals surface area contributed by atoms with E-state index in [1.165, 1.54) is 29.3 Å². The predicted octanol–water partition coefficient (Wildman–Crippen LogP) is 7.08. The number of rotatable bonds is 8. The highest BCUT2D eigenvalue weighted by atomic mass is 32.2. The fourth-order valence-corrected chi connectivity index (χ4v) is 7.08. The molecular weight excluding hydrogens is 526 g/mol. The molecule has 214 valence electrons. The quantitative estimate of drug-likeness (QED) is 0.233. The molecule has 0 radical (unpaired) electrons. The second kappa shape index (κ2) is 13.1. The van der Waals surface area contributed by atoms with E-state index in [-0.39, 0.29) is 11.8 Å². The minimum Gasteiger partial charge on any atom is -0.352 e. The summed E-state index contributed by atoms with van der Waals surface area (Å²) in [6, 6.07) is 22.0. The van der Waals surface area contributed by atoms with Crippen LogP contribution in [0.5, 0.6) is 0 Å². The summed E-state index contributed by atoms with van der Waals surface area (Å²) in [6.45, 7) is 13.4. The summed E-state index contributed by atoms with van der Waals surface area (Å²) in [5.41, 5.74) is 5.98. The number of hydrogen-bond donors (Lipinski definition) is 1. The smallest absolute Gasteiger partial charge is 0.265 e. The van der Waals surface area contributed by atoms with Crippen LogP contribution in [0.3, 0.4) is 0 Å². The van der Waals surface area contributed by atoms with Gasteiger partial charge in [0.1, 0.15) is 0 Å². The molecule has 0 bridgehead atoms. The van der Waals surface area contributed by atoms with Gasteiger partial charge in [-0.1, -0.05) is 73.6 Å². The van der Waals surface area contributed by atoms with E-state index in [4.69, 9.17) is 0 Å². The lowest BCUT2D eigenvalue weighted by Gasteiger charge is -2.34. The first-order valence-electron chi connectivity index (χ1n) is 14.7. The van der Waals surface area contributed by atoms with Gasteiger partial charge in [0.25, 0.3) is 11.8 Å². The standard InChI is InChI=1S/C35H41N3O2S/c1-24-10-11-27(4)30(19-24)23-38-31-8-5-6-9-32(31)41-33(35(38)40)20-28-12-14-29(15-13-28)34(39)36-16-7-17-37-21-25(2)18-26(3)22-37/h5-6,8-15,19-20,25-26H,7,16-18,21-23H2,1-4H3,(H,36,39)/b33-20-. The lowest BCUT2D eigenvalue weighted by Crippen LogP contribution is -2.40. The summed E-state index contributed by atoms with van der Waals surface area (Å²) in [5.74, 6) is 1.44. The molecule has 1 saturated heterocycles. The zero-order valence-electron chi connectivity index (χ0n) is 24.7. The summed E-state index contributed by atoms with van der Waals surface area (Å²) in [6.07, 6.45) is 4.20. The summed E-state index contributed by atoms with van der Waals surface area (Å²) in [4.78, 5) is 32.6. The van der Waals surface area contributed by atoms with Gasteiger partial charge in [0, 0.05) is 30.1 Å². The second-order valence-electron chi connectivity index (χ2n) is 11.8. The molecule has 0 spiro atoms. The van der Waals surface area contributed by atoms with E-state index >= 15 is 0 Å². The average Bonchev–Trinajstić information content (AvgIpc) is 2.95. The second-order valence-corrected chi connectivity index (χ2v) is 12.9. The third-order valence-electron chi connectivity index (χ3n) is 8.02. The number of thioether (sulfide) groups is 1. The molecule has 5 rings (SSSR count). The third kappa shape index (κ3) is 7.30. The minimum atomic E-state index is -0.0543. The number of fused-ring (bicyclic) bond motifs is 1. The van der Waals surface area contributed by atoms with Crippen molar-refractivity contribution in [3.8, 4) is 0 Å². The van der Waals surface area contributed by atoms with Crippen LogP contribution in [0.4, 0.5) is 5.69 Å². The monoisotopic (exact) mass is 567 g/mol. The Labute approximate surface area is 249 Å². The Hall–Kier alpha value is -3.35. The van der Waals surface area contributed by atoms with Crippen molar-refractivity contribution in [2.45, 2.75) is 52.0 Å². The Kier molecular flexibility index (Phi) is 9.31. The molecule has 1 fully saturated rings.